The molecule has 56 valence electrons. The van der Waals surface area contributed by atoms with Gasteiger partial charge in [0.15, 0.2) is 0 Å². The predicted molar refractivity (Wildman–Crippen MR) is 43.0 cm³/mol. The first-order chi connectivity index (χ1) is 5.40. The Morgan fingerprint density at radius 1 is 1.45 bits per heavy atom. The van der Waals surface area contributed by atoms with Crippen LogP contribution in [0.15, 0.2) is 24.4 Å². The number of quaternary nitrogens is 1. The molecule has 3 heteroatoms. The maximum atomic E-state index is 3.92. The maximum absolute atomic E-state index is 3.92. The summed E-state index contributed by atoms with van der Waals surface area (Å²) < 4.78 is 0. The van der Waals surface area contributed by atoms with Crippen molar-refractivity contribution < 1.29 is 5.32 Å². The number of nitrogens with zero attached hydrogens (tertiary/aromatic N) is 1. The van der Waals surface area contributed by atoms with Crippen LogP contribution in [0.5, 0.6) is 0 Å². The second kappa shape index (κ2) is 2.36. The molecule has 0 fully saturated rings. The highest BCUT2D eigenvalue weighted by molar-refractivity contribution is 5.80. The van der Waals surface area contributed by atoms with Crippen molar-refractivity contribution in [3.8, 4) is 0 Å². The summed E-state index contributed by atoms with van der Waals surface area (Å²) in [7, 11) is 3.69. The molecule has 0 aliphatic carbocycles. The first kappa shape index (κ1) is 6.37. The van der Waals surface area contributed by atoms with Crippen molar-refractivity contribution in [2.75, 3.05) is 0 Å². The first-order valence-electron chi connectivity index (χ1n) is 3.46. The molecule has 0 bridgehead atoms. The maximum Gasteiger partial charge on any atom is 0.104 e. The SMILES string of the molecule is [CH2-][NH2+]c1ccc2[nH]ncc2c1. The lowest BCUT2D eigenvalue weighted by Crippen LogP contribution is -2.69. The number of fused-ring (bicyclic) bond motifs is 1. The Bertz CT molecular complexity index is 364. The van der Waals surface area contributed by atoms with Gasteiger partial charge in [-0.25, -0.2) is 0 Å². The fourth-order valence-corrected chi connectivity index (χ4v) is 1.09. The van der Waals surface area contributed by atoms with Gasteiger partial charge >= 0.3 is 0 Å². The van der Waals surface area contributed by atoms with E-state index in [1.54, 1.807) is 0 Å². The second-order valence-corrected chi connectivity index (χ2v) is 2.42. The quantitative estimate of drug-likeness (QED) is 0.449. The number of nitrogens with two attached hydrogens (primary N) is 1. The van der Waals surface area contributed by atoms with E-state index >= 15 is 0 Å². The lowest BCUT2D eigenvalue weighted by atomic mass is 10.2. The summed E-state index contributed by atoms with van der Waals surface area (Å²) in [6.07, 6.45) is 1.81. The van der Waals surface area contributed by atoms with Crippen LogP contribution < -0.4 is 5.32 Å². The summed E-state index contributed by atoms with van der Waals surface area (Å²) in [5.74, 6) is 0. The number of hydrogen-bond acceptors (Lipinski definition) is 1. The van der Waals surface area contributed by atoms with E-state index in [0.29, 0.717) is 0 Å². The predicted octanol–water partition coefficient (Wildman–Crippen LogP) is 0.549. The van der Waals surface area contributed by atoms with Crippen molar-refractivity contribution in [1.82, 2.24) is 10.2 Å². The zero-order chi connectivity index (χ0) is 7.68. The number of hydrogen-bond donors (Lipinski definition) is 2. The minimum absolute atomic E-state index is 1.07. The molecular formula is C8H9N3. The summed E-state index contributed by atoms with van der Waals surface area (Å²) in [5, 5.41) is 9.76. The molecule has 0 aliphatic rings. The van der Waals surface area contributed by atoms with E-state index in [-0.39, 0.29) is 0 Å². The van der Waals surface area contributed by atoms with E-state index in [9.17, 15) is 0 Å². The topological polar surface area (TPSA) is 45.3 Å². The normalized spacial score (nSPS) is 10.6. The van der Waals surface area contributed by atoms with Crippen LogP contribution in [-0.2, 0) is 0 Å². The van der Waals surface area contributed by atoms with Gasteiger partial charge in [0, 0.05) is 11.5 Å². The molecule has 0 radical (unpaired) electrons. The number of aromatic amines is 1. The van der Waals surface area contributed by atoms with Crippen molar-refractivity contribution >= 4 is 16.6 Å². The van der Waals surface area contributed by atoms with Crippen LogP contribution in [0.1, 0.15) is 0 Å². The van der Waals surface area contributed by atoms with E-state index in [0.717, 1.165) is 16.6 Å². The van der Waals surface area contributed by atoms with Crippen molar-refractivity contribution in [2.24, 2.45) is 0 Å². The van der Waals surface area contributed by atoms with Crippen LogP contribution in [0.3, 0.4) is 0 Å². The van der Waals surface area contributed by atoms with Gasteiger partial charge in [0.25, 0.3) is 0 Å². The van der Waals surface area contributed by atoms with E-state index < -0.39 is 0 Å². The number of aromatic nitrogens is 2. The molecule has 1 heterocycles. The molecule has 0 amide bonds. The van der Waals surface area contributed by atoms with Crippen molar-refractivity contribution in [2.45, 2.75) is 0 Å². The first-order valence-corrected chi connectivity index (χ1v) is 3.46. The van der Waals surface area contributed by atoms with Crippen LogP contribution in [0.25, 0.3) is 10.9 Å². The fraction of sp³-hybridized carbons (Fsp3) is 0. The molecule has 1 aromatic heterocycles. The fourth-order valence-electron chi connectivity index (χ4n) is 1.09. The Morgan fingerprint density at radius 2 is 2.36 bits per heavy atom. The zero-order valence-electron chi connectivity index (χ0n) is 6.04. The summed E-state index contributed by atoms with van der Waals surface area (Å²) in [6, 6.07) is 6.05. The highest BCUT2D eigenvalue weighted by Crippen LogP contribution is 2.12. The Labute approximate surface area is 64.4 Å². The van der Waals surface area contributed by atoms with Gasteiger partial charge in [-0.1, -0.05) is 0 Å². The molecule has 3 N–H and O–H groups in total. The van der Waals surface area contributed by atoms with Gasteiger partial charge in [0.2, 0.25) is 0 Å². The van der Waals surface area contributed by atoms with Crippen LogP contribution in [-0.4, -0.2) is 10.2 Å². The van der Waals surface area contributed by atoms with Gasteiger partial charge in [-0.05, 0) is 12.1 Å². The number of benzene rings is 1. The second-order valence-electron chi connectivity index (χ2n) is 2.42. The van der Waals surface area contributed by atoms with Gasteiger partial charge in [-0.15, -0.1) is 7.05 Å². The summed E-state index contributed by atoms with van der Waals surface area (Å²) in [4.78, 5) is 0. The minimum atomic E-state index is 1.07. The molecule has 0 saturated heterocycles. The van der Waals surface area contributed by atoms with Gasteiger partial charge in [-0.3, -0.25) is 5.10 Å². The van der Waals surface area contributed by atoms with Crippen LogP contribution in [0.4, 0.5) is 5.69 Å². The Hall–Kier alpha value is -1.35. The Balaban J connectivity index is 2.67. The molecule has 2 aromatic rings. The van der Waals surface area contributed by atoms with Crippen LogP contribution in [0.2, 0.25) is 0 Å². The van der Waals surface area contributed by atoms with E-state index in [2.05, 4.69) is 17.2 Å². The van der Waals surface area contributed by atoms with Crippen molar-refractivity contribution in [1.29, 1.82) is 0 Å². The largest absolute Gasteiger partial charge is 0.446 e. The highest BCUT2D eigenvalue weighted by Gasteiger charge is 1.95. The lowest BCUT2D eigenvalue weighted by Gasteiger charge is -1.96. The average Bonchev–Trinajstić information content (AvgIpc) is 2.50. The van der Waals surface area contributed by atoms with Gasteiger partial charge < -0.3 is 5.32 Å². The molecule has 2 rings (SSSR count). The van der Waals surface area contributed by atoms with E-state index in [4.69, 9.17) is 0 Å². The molecule has 0 spiro atoms. The highest BCUT2D eigenvalue weighted by atomic mass is 15.1. The lowest BCUT2D eigenvalue weighted by molar-refractivity contribution is -0.504. The summed E-state index contributed by atoms with van der Waals surface area (Å²) in [5.41, 5.74) is 2.19. The summed E-state index contributed by atoms with van der Waals surface area (Å²) in [6.45, 7) is 0. The third-order valence-electron chi connectivity index (χ3n) is 1.70. The van der Waals surface area contributed by atoms with Crippen LogP contribution >= 0.6 is 0 Å². The minimum Gasteiger partial charge on any atom is -0.446 e. The van der Waals surface area contributed by atoms with Crippen molar-refractivity contribution in [3.63, 3.8) is 0 Å². The monoisotopic (exact) mass is 147 g/mol. The van der Waals surface area contributed by atoms with Gasteiger partial charge in [-0.2, -0.15) is 5.10 Å². The molecule has 3 nitrogen and oxygen atoms in total. The van der Waals surface area contributed by atoms with Crippen molar-refractivity contribution in [3.05, 3.63) is 31.4 Å². The smallest absolute Gasteiger partial charge is 0.104 e. The molecule has 0 unspecified atom stereocenters. The molecule has 0 saturated carbocycles. The average molecular weight is 147 g/mol. The molecule has 0 aliphatic heterocycles. The molecular weight excluding hydrogens is 138 g/mol. The Morgan fingerprint density at radius 3 is 3.18 bits per heavy atom. The number of rotatable bonds is 1. The Kier molecular flexibility index (Phi) is 1.36. The van der Waals surface area contributed by atoms with Gasteiger partial charge in [0.1, 0.15) is 5.69 Å². The molecule has 1 aromatic carbocycles. The number of nitrogens with one attached hydrogen (secondary N) is 1. The van der Waals surface area contributed by atoms with E-state index in [1.165, 1.54) is 0 Å². The van der Waals surface area contributed by atoms with E-state index in [1.807, 2.05) is 29.7 Å². The standard InChI is InChI=1S/C8H9N3/c1-9-7-2-3-8-6(4-7)5-10-11-8/h2-5H,1,9H2,(H,10,11). The van der Waals surface area contributed by atoms with Crippen LogP contribution in [0, 0.1) is 7.05 Å². The third-order valence-corrected chi connectivity index (χ3v) is 1.70. The third kappa shape index (κ3) is 0.991. The van der Waals surface area contributed by atoms with Gasteiger partial charge in [0.05, 0.1) is 11.7 Å². The summed E-state index contributed by atoms with van der Waals surface area (Å²) >= 11 is 0. The molecule has 0 atom stereocenters. The molecule has 11 heavy (non-hydrogen) atoms. The zero-order valence-corrected chi connectivity index (χ0v) is 6.04. The number of H-pyrrole nitrogens is 1.